The van der Waals surface area contributed by atoms with Crippen LogP contribution in [0.2, 0.25) is 0 Å². The van der Waals surface area contributed by atoms with E-state index < -0.39 is 36.7 Å². The van der Waals surface area contributed by atoms with Crippen LogP contribution in [0.1, 0.15) is 25.5 Å². The third-order valence-corrected chi connectivity index (χ3v) is 5.98. The van der Waals surface area contributed by atoms with Gasteiger partial charge in [-0.05, 0) is 12.2 Å². The van der Waals surface area contributed by atoms with E-state index in [-0.39, 0.29) is 6.42 Å². The molecule has 0 spiro atoms. The number of anilines is 1. The maximum absolute atomic E-state index is 10.6. The number of imidazole rings is 1. The van der Waals surface area contributed by atoms with E-state index in [1.165, 1.54) is 29.0 Å². The van der Waals surface area contributed by atoms with Crippen molar-refractivity contribution in [2.75, 3.05) is 23.4 Å². The Morgan fingerprint density at radius 1 is 1.38 bits per heavy atom. The Morgan fingerprint density at radius 3 is 2.94 bits per heavy atom. The van der Waals surface area contributed by atoms with Gasteiger partial charge < -0.3 is 30.1 Å². The molecule has 0 aromatic carbocycles. The van der Waals surface area contributed by atoms with Crippen LogP contribution < -0.4 is 11.1 Å². The normalized spacial score (nSPS) is 23.8. The lowest BCUT2D eigenvalue weighted by molar-refractivity contribution is -0.137. The molecule has 5 atom stereocenters. The molecule has 3 rings (SSSR count). The Labute approximate surface area is 187 Å². The number of aliphatic carboxylic acids is 1. The topological polar surface area (TPSA) is 195 Å². The number of hydrogen-bond donors (Lipinski definition) is 5. The van der Waals surface area contributed by atoms with Crippen molar-refractivity contribution in [3.63, 3.8) is 0 Å². The molecule has 176 valence electrons. The van der Waals surface area contributed by atoms with Crippen LogP contribution in [0.4, 0.5) is 5.82 Å². The molecular weight excluding hydrogens is 444 g/mol. The Bertz CT molecular complexity index is 915. The highest BCUT2D eigenvalue weighted by atomic mass is 32.2. The van der Waals surface area contributed by atoms with E-state index >= 15 is 0 Å². The van der Waals surface area contributed by atoms with Crippen molar-refractivity contribution < 1.29 is 34.4 Å². The van der Waals surface area contributed by atoms with Crippen molar-refractivity contribution in [1.82, 2.24) is 19.5 Å². The first-order chi connectivity index (χ1) is 15.4. The lowest BCUT2D eigenvalue weighted by atomic mass is 10.1. The van der Waals surface area contributed by atoms with Crippen LogP contribution in [0.3, 0.4) is 0 Å². The van der Waals surface area contributed by atoms with Crippen molar-refractivity contribution in [3.05, 3.63) is 12.7 Å². The van der Waals surface area contributed by atoms with Gasteiger partial charge in [0.15, 0.2) is 29.4 Å². The molecule has 0 aliphatic carbocycles. The van der Waals surface area contributed by atoms with Crippen molar-refractivity contribution in [3.8, 4) is 0 Å². The number of aromatic nitrogens is 4. The smallest absolute Gasteiger partial charge is 0.303 e. The van der Waals surface area contributed by atoms with Crippen LogP contribution in [-0.4, -0.2) is 89.9 Å². The number of hydrogen-bond acceptors (Lipinski definition) is 12. The van der Waals surface area contributed by atoms with Crippen molar-refractivity contribution >= 4 is 41.2 Å². The number of rotatable bonds is 13. The zero-order valence-corrected chi connectivity index (χ0v) is 17.9. The first-order valence-corrected chi connectivity index (χ1v) is 11.1. The van der Waals surface area contributed by atoms with Gasteiger partial charge in [0.1, 0.15) is 18.5 Å². The zero-order valence-electron chi connectivity index (χ0n) is 17.1. The minimum Gasteiger partial charge on any atom is -0.481 e. The molecule has 13 nitrogen and oxygen atoms in total. The number of fused-ring (bicyclic) bond motifs is 1. The molecule has 1 saturated heterocycles. The summed E-state index contributed by atoms with van der Waals surface area (Å²) in [4.78, 5) is 33.6. The van der Waals surface area contributed by atoms with Gasteiger partial charge in [0.25, 0.3) is 6.47 Å². The summed E-state index contributed by atoms with van der Waals surface area (Å²) in [5.41, 5.74) is 6.43. The summed E-state index contributed by atoms with van der Waals surface area (Å²) in [6.45, 7) is 0.698. The van der Waals surface area contributed by atoms with Gasteiger partial charge >= 0.3 is 5.97 Å². The number of carbonyl (C=O) groups excluding carboxylic acids is 1. The number of aliphatic hydroxyl groups is 2. The number of nitrogens with two attached hydrogens (primary N) is 1. The number of nitrogens with one attached hydrogen (secondary N) is 1. The summed E-state index contributed by atoms with van der Waals surface area (Å²) in [5, 5.41) is 32.7. The van der Waals surface area contributed by atoms with Gasteiger partial charge in [-0.15, -0.1) is 0 Å². The average Bonchev–Trinajstić information content (AvgIpc) is 3.31. The highest BCUT2D eigenvalue weighted by Crippen LogP contribution is 2.33. The zero-order chi connectivity index (χ0) is 23.1. The van der Waals surface area contributed by atoms with E-state index in [9.17, 15) is 19.8 Å². The molecule has 1 unspecified atom stereocenters. The maximum atomic E-state index is 10.6. The van der Waals surface area contributed by atoms with Crippen molar-refractivity contribution in [2.24, 2.45) is 5.73 Å². The van der Waals surface area contributed by atoms with Gasteiger partial charge in [0, 0.05) is 25.1 Å². The Balaban J connectivity index is 1.62. The lowest BCUT2D eigenvalue weighted by Crippen LogP contribution is -2.32. The molecule has 2 aromatic rings. The molecule has 0 bridgehead atoms. The molecule has 32 heavy (non-hydrogen) atoms. The molecule has 14 heteroatoms. The number of aliphatic hydroxyl groups excluding tert-OH is 2. The summed E-state index contributed by atoms with van der Waals surface area (Å²) < 4.78 is 12.0. The number of carbonyl (C=O) groups is 2. The van der Waals surface area contributed by atoms with Gasteiger partial charge in [-0.2, -0.15) is 11.8 Å². The molecule has 0 amide bonds. The monoisotopic (exact) mass is 470 g/mol. The van der Waals surface area contributed by atoms with Crippen LogP contribution in [0, 0.1) is 0 Å². The molecule has 1 aliphatic rings. The summed E-state index contributed by atoms with van der Waals surface area (Å²) >= 11 is 1.45. The number of nitrogens with zero attached hydrogens (tertiary/aromatic N) is 4. The third kappa shape index (κ3) is 5.83. The average molecular weight is 471 g/mol. The Hall–Kier alpha value is -2.52. The van der Waals surface area contributed by atoms with Gasteiger partial charge in [-0.1, -0.05) is 0 Å². The highest BCUT2D eigenvalue weighted by molar-refractivity contribution is 7.99. The van der Waals surface area contributed by atoms with Crippen molar-refractivity contribution in [2.45, 2.75) is 50.0 Å². The van der Waals surface area contributed by atoms with Gasteiger partial charge in [0.2, 0.25) is 0 Å². The molecule has 3 heterocycles. The number of thioether (sulfide) groups is 1. The summed E-state index contributed by atoms with van der Waals surface area (Å²) in [7, 11) is 0. The van der Waals surface area contributed by atoms with Crippen LogP contribution in [0.5, 0.6) is 0 Å². The fourth-order valence-corrected chi connectivity index (χ4v) is 4.32. The van der Waals surface area contributed by atoms with E-state index in [0.717, 1.165) is 0 Å². The van der Waals surface area contributed by atoms with E-state index in [0.29, 0.717) is 54.3 Å². The molecule has 1 fully saturated rings. The number of carboxylic acid groups (broad SMARTS) is 1. The molecule has 2 aromatic heterocycles. The standard InChI is InChI=1S/C18H26N6O7S/c19-11(30-9-25)3-5-32-6-10-14(28)15(29)18(31-10)24-8-23-13-16(21-7-22-17(13)24)20-4-1-2-12(26)27/h7-11,14-15,18,28-29H,1-6,19H2,(H,26,27)(H,20,21,22)/t10-,11-,14?,15+,18-/m1/s1. The highest BCUT2D eigenvalue weighted by Gasteiger charge is 2.44. The fourth-order valence-electron chi connectivity index (χ4n) is 3.25. The second-order valence-electron chi connectivity index (χ2n) is 7.15. The lowest BCUT2D eigenvalue weighted by Gasteiger charge is -2.16. The first kappa shape index (κ1) is 24.1. The van der Waals surface area contributed by atoms with E-state index in [1.54, 1.807) is 0 Å². The van der Waals surface area contributed by atoms with Gasteiger partial charge in [-0.25, -0.2) is 15.0 Å². The number of ether oxygens (including phenoxy) is 2. The van der Waals surface area contributed by atoms with Gasteiger partial charge in [-0.3, -0.25) is 19.9 Å². The van der Waals surface area contributed by atoms with Crippen LogP contribution in [0.25, 0.3) is 11.2 Å². The van der Waals surface area contributed by atoms with Crippen LogP contribution in [0.15, 0.2) is 12.7 Å². The van der Waals surface area contributed by atoms with E-state index in [1.807, 2.05) is 0 Å². The minimum absolute atomic E-state index is 0.0328. The second-order valence-corrected chi connectivity index (χ2v) is 8.30. The first-order valence-electron chi connectivity index (χ1n) is 9.99. The third-order valence-electron chi connectivity index (χ3n) is 4.89. The molecule has 0 saturated carbocycles. The molecule has 6 N–H and O–H groups in total. The summed E-state index contributed by atoms with van der Waals surface area (Å²) in [6, 6.07) is 0. The van der Waals surface area contributed by atoms with Gasteiger partial charge in [0.05, 0.1) is 12.4 Å². The predicted molar refractivity (Wildman–Crippen MR) is 114 cm³/mol. The number of carboxylic acids is 1. The largest absolute Gasteiger partial charge is 0.481 e. The Morgan fingerprint density at radius 2 is 2.19 bits per heavy atom. The maximum Gasteiger partial charge on any atom is 0.303 e. The fraction of sp³-hybridized carbons (Fsp3) is 0.611. The van der Waals surface area contributed by atoms with Crippen molar-refractivity contribution in [1.29, 1.82) is 0 Å². The summed E-state index contributed by atoms with van der Waals surface area (Å²) in [5.74, 6) is 0.550. The predicted octanol–water partition coefficient (Wildman–Crippen LogP) is -0.697. The van der Waals surface area contributed by atoms with E-state index in [2.05, 4.69) is 25.0 Å². The quantitative estimate of drug-likeness (QED) is 0.140. The molecule has 1 aliphatic heterocycles. The van der Waals surface area contributed by atoms with Crippen LogP contribution >= 0.6 is 11.8 Å². The summed E-state index contributed by atoms with van der Waals surface area (Å²) in [6.07, 6.45) is -0.827. The SMILES string of the molecule is N[C@@H](CCSC[C@H]1O[C@@H](n2cnc3c(NCCCC(=O)O)ncnc32)[C@@H](O)C1O)OC=O. The molecule has 0 radical (unpaired) electrons. The molecular formula is C18H26N6O7S. The second kappa shape index (κ2) is 11.4. The minimum atomic E-state index is -1.19. The van der Waals surface area contributed by atoms with Crippen LogP contribution in [-0.2, 0) is 19.1 Å². The van der Waals surface area contributed by atoms with E-state index in [4.69, 9.17) is 15.6 Å². The Kier molecular flexibility index (Phi) is 8.58.